The van der Waals surface area contributed by atoms with E-state index in [2.05, 4.69) is 45.3 Å². The molecule has 0 aliphatic carbocycles. The number of pyridine rings is 1. The van der Waals surface area contributed by atoms with Crippen LogP contribution in [-0.2, 0) is 6.54 Å². The van der Waals surface area contributed by atoms with Crippen LogP contribution in [-0.4, -0.2) is 4.98 Å². The van der Waals surface area contributed by atoms with E-state index in [1.54, 1.807) is 0 Å². The third-order valence-electron chi connectivity index (χ3n) is 2.26. The van der Waals surface area contributed by atoms with E-state index in [0.717, 1.165) is 22.5 Å². The van der Waals surface area contributed by atoms with Crippen LogP contribution in [0, 0.1) is 13.8 Å². The van der Waals surface area contributed by atoms with Crippen molar-refractivity contribution in [3.8, 4) is 0 Å². The van der Waals surface area contributed by atoms with Crippen LogP contribution < -0.4 is 5.32 Å². The lowest BCUT2D eigenvalue weighted by atomic mass is 10.3. The van der Waals surface area contributed by atoms with Gasteiger partial charge in [0.2, 0.25) is 0 Å². The molecule has 0 aliphatic rings. The van der Waals surface area contributed by atoms with Crippen molar-refractivity contribution in [1.29, 1.82) is 0 Å². The van der Waals surface area contributed by atoms with Crippen molar-refractivity contribution in [1.82, 2.24) is 4.98 Å². The Kier molecular flexibility index (Phi) is 3.61. The maximum atomic E-state index is 4.44. The van der Waals surface area contributed by atoms with E-state index in [0.29, 0.717) is 0 Å². The molecule has 0 radical (unpaired) electrons. The molecular formula is C12H13BrN2S. The van der Waals surface area contributed by atoms with Crippen molar-refractivity contribution in [2.45, 2.75) is 20.4 Å². The highest BCUT2D eigenvalue weighted by Gasteiger charge is 2.00. The topological polar surface area (TPSA) is 24.9 Å². The maximum Gasteiger partial charge on any atom is 0.126 e. The number of nitrogens with zero attached hydrogens (tertiary/aromatic N) is 1. The molecule has 0 atom stereocenters. The summed E-state index contributed by atoms with van der Waals surface area (Å²) in [6, 6.07) is 8.29. The van der Waals surface area contributed by atoms with E-state index < -0.39 is 0 Å². The number of rotatable bonds is 3. The fraction of sp³-hybridized carbons (Fsp3) is 0.250. The van der Waals surface area contributed by atoms with Crippen LogP contribution in [0.4, 0.5) is 5.82 Å². The molecule has 4 heteroatoms. The monoisotopic (exact) mass is 296 g/mol. The van der Waals surface area contributed by atoms with E-state index in [9.17, 15) is 0 Å². The van der Waals surface area contributed by atoms with Gasteiger partial charge in [-0.1, -0.05) is 0 Å². The van der Waals surface area contributed by atoms with E-state index >= 15 is 0 Å². The first-order valence-electron chi connectivity index (χ1n) is 5.07. The number of aryl methyl sites for hydroxylation is 2. The molecule has 0 spiro atoms. The summed E-state index contributed by atoms with van der Waals surface area (Å²) in [6.07, 6.45) is 0. The van der Waals surface area contributed by atoms with E-state index in [4.69, 9.17) is 0 Å². The van der Waals surface area contributed by atoms with Crippen LogP contribution in [0.2, 0.25) is 0 Å². The molecule has 0 amide bonds. The van der Waals surface area contributed by atoms with Gasteiger partial charge in [0.05, 0.1) is 12.2 Å². The fourth-order valence-corrected chi connectivity index (χ4v) is 2.45. The lowest BCUT2D eigenvalue weighted by molar-refractivity contribution is 1.10. The zero-order chi connectivity index (χ0) is 11.5. The van der Waals surface area contributed by atoms with Crippen LogP contribution in [0.1, 0.15) is 15.4 Å². The third-order valence-corrected chi connectivity index (χ3v) is 4.10. The molecule has 0 aliphatic heterocycles. The molecule has 2 nitrogen and oxygen atoms in total. The molecule has 0 unspecified atom stereocenters. The summed E-state index contributed by atoms with van der Waals surface area (Å²) in [7, 11) is 0. The first-order chi connectivity index (χ1) is 7.65. The van der Waals surface area contributed by atoms with Crippen molar-refractivity contribution in [3.63, 3.8) is 0 Å². The maximum absolute atomic E-state index is 4.44. The second-order valence-corrected chi connectivity index (χ2v) is 5.86. The predicted molar refractivity (Wildman–Crippen MR) is 73.1 cm³/mol. The second-order valence-electron chi connectivity index (χ2n) is 3.63. The Morgan fingerprint density at radius 1 is 1.25 bits per heavy atom. The minimum absolute atomic E-state index is 0.840. The Hall–Kier alpha value is -0.870. The first-order valence-corrected chi connectivity index (χ1v) is 6.68. The molecule has 1 N–H and O–H groups in total. The zero-order valence-electron chi connectivity index (χ0n) is 9.25. The molecular weight excluding hydrogens is 284 g/mol. The normalized spacial score (nSPS) is 10.4. The van der Waals surface area contributed by atoms with Gasteiger partial charge in [-0.2, -0.15) is 0 Å². The Morgan fingerprint density at radius 2 is 2.06 bits per heavy atom. The van der Waals surface area contributed by atoms with Crippen molar-refractivity contribution < 1.29 is 0 Å². The molecule has 0 aromatic carbocycles. The van der Waals surface area contributed by atoms with Gasteiger partial charge >= 0.3 is 0 Å². The van der Waals surface area contributed by atoms with Gasteiger partial charge in [0.15, 0.2) is 0 Å². The SMILES string of the molecule is Cc1ccc(CNc2ccc(Br)c(C)n2)s1. The highest BCUT2D eigenvalue weighted by atomic mass is 79.9. The van der Waals surface area contributed by atoms with Gasteiger partial charge in [0.25, 0.3) is 0 Å². The summed E-state index contributed by atoms with van der Waals surface area (Å²) >= 11 is 5.26. The summed E-state index contributed by atoms with van der Waals surface area (Å²) in [6.45, 7) is 4.95. The second kappa shape index (κ2) is 4.97. The minimum Gasteiger partial charge on any atom is -0.365 e. The van der Waals surface area contributed by atoms with Gasteiger partial charge in [0, 0.05) is 14.2 Å². The summed E-state index contributed by atoms with van der Waals surface area (Å²) < 4.78 is 1.05. The third kappa shape index (κ3) is 2.83. The molecule has 2 aromatic rings. The first kappa shape index (κ1) is 11.6. The Labute approximate surface area is 108 Å². The van der Waals surface area contributed by atoms with Crippen LogP contribution in [0.5, 0.6) is 0 Å². The number of hydrogen-bond acceptors (Lipinski definition) is 3. The quantitative estimate of drug-likeness (QED) is 0.921. The molecule has 0 bridgehead atoms. The van der Waals surface area contributed by atoms with Gasteiger partial charge in [0.1, 0.15) is 5.82 Å². The summed E-state index contributed by atoms with van der Waals surface area (Å²) in [5.74, 6) is 0.923. The van der Waals surface area contributed by atoms with Crippen molar-refractivity contribution >= 4 is 33.1 Å². The molecule has 16 heavy (non-hydrogen) atoms. The predicted octanol–water partition coefficient (Wildman–Crippen LogP) is 4.13. The van der Waals surface area contributed by atoms with Gasteiger partial charge < -0.3 is 5.32 Å². The number of anilines is 1. The number of hydrogen-bond donors (Lipinski definition) is 1. The average molecular weight is 297 g/mol. The van der Waals surface area contributed by atoms with Crippen LogP contribution in [0.25, 0.3) is 0 Å². The number of thiophene rings is 1. The molecule has 84 valence electrons. The summed E-state index contributed by atoms with van der Waals surface area (Å²) in [4.78, 5) is 7.12. The van der Waals surface area contributed by atoms with Crippen molar-refractivity contribution in [3.05, 3.63) is 44.2 Å². The minimum atomic E-state index is 0.840. The molecule has 0 saturated heterocycles. The smallest absolute Gasteiger partial charge is 0.126 e. The van der Waals surface area contributed by atoms with Crippen molar-refractivity contribution in [2.75, 3.05) is 5.32 Å². The van der Waals surface area contributed by atoms with Gasteiger partial charge in [-0.15, -0.1) is 11.3 Å². The molecule has 2 rings (SSSR count). The molecule has 2 heterocycles. The van der Waals surface area contributed by atoms with Crippen LogP contribution in [0.3, 0.4) is 0 Å². The van der Waals surface area contributed by atoms with E-state index in [1.807, 2.05) is 30.4 Å². The highest BCUT2D eigenvalue weighted by molar-refractivity contribution is 9.10. The highest BCUT2D eigenvalue weighted by Crippen LogP contribution is 2.19. The number of halogens is 1. The Bertz CT molecular complexity index is 494. The lowest BCUT2D eigenvalue weighted by Crippen LogP contribution is -2.00. The zero-order valence-corrected chi connectivity index (χ0v) is 11.7. The fourth-order valence-electron chi connectivity index (χ4n) is 1.40. The lowest BCUT2D eigenvalue weighted by Gasteiger charge is -2.05. The van der Waals surface area contributed by atoms with Crippen molar-refractivity contribution in [2.24, 2.45) is 0 Å². The Morgan fingerprint density at radius 3 is 2.69 bits per heavy atom. The molecule has 0 saturated carbocycles. The largest absolute Gasteiger partial charge is 0.365 e. The summed E-state index contributed by atoms with van der Waals surface area (Å²) in [5.41, 5.74) is 1.01. The average Bonchev–Trinajstić information content (AvgIpc) is 2.66. The Balaban J connectivity index is 2.02. The summed E-state index contributed by atoms with van der Waals surface area (Å²) in [5, 5.41) is 3.32. The van der Waals surface area contributed by atoms with Gasteiger partial charge in [-0.25, -0.2) is 4.98 Å². The van der Waals surface area contributed by atoms with E-state index in [-0.39, 0.29) is 0 Å². The van der Waals surface area contributed by atoms with Crippen LogP contribution in [0.15, 0.2) is 28.7 Å². The molecule has 2 aromatic heterocycles. The van der Waals surface area contributed by atoms with E-state index in [1.165, 1.54) is 9.75 Å². The molecule has 0 fully saturated rings. The number of nitrogens with one attached hydrogen (secondary N) is 1. The van der Waals surface area contributed by atoms with Gasteiger partial charge in [-0.05, 0) is 54.0 Å². The number of aromatic nitrogens is 1. The van der Waals surface area contributed by atoms with Crippen LogP contribution >= 0.6 is 27.3 Å². The van der Waals surface area contributed by atoms with Gasteiger partial charge in [-0.3, -0.25) is 0 Å². The standard InChI is InChI=1S/C12H13BrN2S/c1-8-3-4-10(16-8)7-14-12-6-5-11(13)9(2)15-12/h3-6H,7H2,1-2H3,(H,14,15).